The van der Waals surface area contributed by atoms with Gasteiger partial charge in [0.05, 0.1) is 25.0 Å². The molecule has 2 aromatic carbocycles. The zero-order chi connectivity index (χ0) is 20.4. The van der Waals surface area contributed by atoms with E-state index in [1.165, 1.54) is 0 Å². The van der Waals surface area contributed by atoms with Crippen LogP contribution in [0, 0.1) is 0 Å². The summed E-state index contributed by atoms with van der Waals surface area (Å²) in [4.78, 5) is 36.0. The zero-order valence-corrected chi connectivity index (χ0v) is 16.0. The summed E-state index contributed by atoms with van der Waals surface area (Å²) >= 11 is 0. The second-order valence-corrected chi connectivity index (χ2v) is 5.94. The summed E-state index contributed by atoms with van der Waals surface area (Å²) in [6, 6.07) is 14.1. The van der Waals surface area contributed by atoms with E-state index in [1.807, 2.05) is 24.3 Å². The van der Waals surface area contributed by atoms with Crippen LogP contribution < -0.4 is 15.4 Å². The number of carbonyl (C=O) groups excluding carboxylic acids is 3. The van der Waals surface area contributed by atoms with Crippen LogP contribution in [0.3, 0.4) is 0 Å². The third kappa shape index (κ3) is 6.42. The van der Waals surface area contributed by atoms with E-state index in [9.17, 15) is 14.4 Å². The molecule has 0 unspecified atom stereocenters. The van der Waals surface area contributed by atoms with E-state index >= 15 is 0 Å². The first-order valence-corrected chi connectivity index (χ1v) is 8.99. The standard InChI is InChI=1S/C21H24N2O5/c1-3-28-21(26)17-6-4-5-7-18(17)23-20(25)14-19(24)22-13-12-15-8-10-16(27-2)11-9-15/h4-11H,3,12-14H2,1-2H3,(H,22,24)(H,23,25). The number of hydrogen-bond donors (Lipinski definition) is 2. The molecule has 0 aliphatic carbocycles. The second-order valence-electron chi connectivity index (χ2n) is 5.94. The molecular weight excluding hydrogens is 360 g/mol. The van der Waals surface area contributed by atoms with Gasteiger partial charge in [-0.05, 0) is 43.2 Å². The highest BCUT2D eigenvalue weighted by atomic mass is 16.5. The SMILES string of the molecule is CCOC(=O)c1ccccc1NC(=O)CC(=O)NCCc1ccc(OC)cc1. The van der Waals surface area contributed by atoms with E-state index in [0.29, 0.717) is 18.7 Å². The summed E-state index contributed by atoms with van der Waals surface area (Å²) in [5, 5.41) is 5.30. The van der Waals surface area contributed by atoms with Gasteiger partial charge in [-0.15, -0.1) is 0 Å². The van der Waals surface area contributed by atoms with Crippen LogP contribution in [0.4, 0.5) is 5.69 Å². The number of para-hydroxylation sites is 1. The third-order valence-electron chi connectivity index (χ3n) is 3.91. The average Bonchev–Trinajstić information content (AvgIpc) is 2.69. The zero-order valence-electron chi connectivity index (χ0n) is 16.0. The van der Waals surface area contributed by atoms with Crippen molar-refractivity contribution in [3.8, 4) is 5.75 Å². The van der Waals surface area contributed by atoms with Crippen molar-refractivity contribution in [1.29, 1.82) is 0 Å². The summed E-state index contributed by atoms with van der Waals surface area (Å²) < 4.78 is 10.1. The highest BCUT2D eigenvalue weighted by Gasteiger charge is 2.15. The van der Waals surface area contributed by atoms with Gasteiger partial charge in [0.25, 0.3) is 0 Å². The number of amides is 2. The molecule has 0 saturated carbocycles. The van der Waals surface area contributed by atoms with Crippen molar-refractivity contribution in [3.05, 3.63) is 59.7 Å². The van der Waals surface area contributed by atoms with E-state index in [0.717, 1.165) is 11.3 Å². The molecule has 0 radical (unpaired) electrons. The van der Waals surface area contributed by atoms with Crippen molar-refractivity contribution >= 4 is 23.5 Å². The Hall–Kier alpha value is -3.35. The Bertz CT molecular complexity index is 818. The number of ether oxygens (including phenoxy) is 2. The fraction of sp³-hybridized carbons (Fsp3) is 0.286. The average molecular weight is 384 g/mol. The molecule has 7 heteroatoms. The van der Waals surface area contributed by atoms with Crippen molar-refractivity contribution in [3.63, 3.8) is 0 Å². The number of rotatable bonds is 9. The maximum atomic E-state index is 12.1. The van der Waals surface area contributed by atoms with E-state index in [2.05, 4.69) is 10.6 Å². The molecule has 2 amide bonds. The van der Waals surface area contributed by atoms with E-state index in [-0.39, 0.29) is 24.5 Å². The van der Waals surface area contributed by atoms with Crippen molar-refractivity contribution in [2.24, 2.45) is 0 Å². The molecule has 0 spiro atoms. The van der Waals surface area contributed by atoms with Crippen LogP contribution in [0.25, 0.3) is 0 Å². The molecule has 0 fully saturated rings. The molecule has 0 heterocycles. The Kier molecular flexibility index (Phi) is 8.02. The first-order valence-electron chi connectivity index (χ1n) is 8.99. The fourth-order valence-electron chi connectivity index (χ4n) is 2.52. The van der Waals surface area contributed by atoms with Gasteiger partial charge in [0.15, 0.2) is 0 Å². The quantitative estimate of drug-likeness (QED) is 0.512. The number of carbonyl (C=O) groups is 3. The van der Waals surface area contributed by atoms with Crippen molar-refractivity contribution in [1.82, 2.24) is 5.32 Å². The van der Waals surface area contributed by atoms with Gasteiger partial charge in [-0.2, -0.15) is 0 Å². The molecule has 0 aliphatic rings. The Morgan fingerprint density at radius 3 is 2.36 bits per heavy atom. The summed E-state index contributed by atoms with van der Waals surface area (Å²) in [7, 11) is 1.60. The topological polar surface area (TPSA) is 93.7 Å². The van der Waals surface area contributed by atoms with Crippen molar-refractivity contribution in [2.45, 2.75) is 19.8 Å². The Morgan fingerprint density at radius 2 is 1.68 bits per heavy atom. The molecule has 7 nitrogen and oxygen atoms in total. The Balaban J connectivity index is 1.81. The highest BCUT2D eigenvalue weighted by Crippen LogP contribution is 2.16. The molecule has 2 N–H and O–H groups in total. The fourth-order valence-corrected chi connectivity index (χ4v) is 2.52. The van der Waals surface area contributed by atoms with Gasteiger partial charge in [-0.3, -0.25) is 9.59 Å². The summed E-state index contributed by atoms with van der Waals surface area (Å²) in [6.07, 6.45) is 0.308. The first-order chi connectivity index (χ1) is 13.5. The minimum absolute atomic E-state index is 0.234. The van der Waals surface area contributed by atoms with Gasteiger partial charge in [0.1, 0.15) is 12.2 Å². The van der Waals surface area contributed by atoms with Crippen LogP contribution in [-0.2, 0) is 20.7 Å². The molecule has 0 bridgehead atoms. The van der Waals surface area contributed by atoms with E-state index in [1.54, 1.807) is 38.3 Å². The predicted octanol–water partition coefficient (Wildman–Crippen LogP) is 2.56. The molecule has 0 saturated heterocycles. The maximum absolute atomic E-state index is 12.1. The number of hydrogen-bond acceptors (Lipinski definition) is 5. The number of benzene rings is 2. The first kappa shape index (κ1) is 21.0. The van der Waals surface area contributed by atoms with E-state index in [4.69, 9.17) is 9.47 Å². The number of methoxy groups -OCH3 is 1. The normalized spacial score (nSPS) is 10.1. The Labute approximate surface area is 164 Å². The highest BCUT2D eigenvalue weighted by molar-refractivity contribution is 6.06. The van der Waals surface area contributed by atoms with Gasteiger partial charge in [0.2, 0.25) is 11.8 Å². The van der Waals surface area contributed by atoms with Gasteiger partial charge in [-0.1, -0.05) is 24.3 Å². The Morgan fingerprint density at radius 1 is 0.964 bits per heavy atom. The molecule has 0 aliphatic heterocycles. The van der Waals surface area contributed by atoms with Crippen molar-refractivity contribution in [2.75, 3.05) is 25.6 Å². The van der Waals surface area contributed by atoms with Gasteiger partial charge in [-0.25, -0.2) is 4.79 Å². The van der Waals surface area contributed by atoms with Crippen LogP contribution in [0.1, 0.15) is 29.3 Å². The second kappa shape index (κ2) is 10.7. The molecule has 28 heavy (non-hydrogen) atoms. The minimum Gasteiger partial charge on any atom is -0.497 e. The lowest BCUT2D eigenvalue weighted by molar-refractivity contribution is -0.126. The molecule has 2 rings (SSSR count). The van der Waals surface area contributed by atoms with Crippen LogP contribution in [0.15, 0.2) is 48.5 Å². The van der Waals surface area contributed by atoms with Gasteiger partial charge in [0, 0.05) is 6.54 Å². The molecular formula is C21H24N2O5. The van der Waals surface area contributed by atoms with Gasteiger partial charge < -0.3 is 20.1 Å². The lowest BCUT2D eigenvalue weighted by Gasteiger charge is -2.10. The summed E-state index contributed by atoms with van der Waals surface area (Å²) in [5.41, 5.74) is 1.61. The minimum atomic E-state index is -0.526. The monoisotopic (exact) mass is 384 g/mol. The third-order valence-corrected chi connectivity index (χ3v) is 3.91. The van der Waals surface area contributed by atoms with E-state index < -0.39 is 11.9 Å². The van der Waals surface area contributed by atoms with Gasteiger partial charge >= 0.3 is 5.97 Å². The van der Waals surface area contributed by atoms with Crippen LogP contribution in [0.5, 0.6) is 5.75 Å². The number of anilines is 1. The number of esters is 1. The predicted molar refractivity (Wildman–Crippen MR) is 105 cm³/mol. The smallest absolute Gasteiger partial charge is 0.340 e. The molecule has 0 atom stereocenters. The molecule has 2 aromatic rings. The molecule has 148 valence electrons. The van der Waals surface area contributed by atoms with Crippen molar-refractivity contribution < 1.29 is 23.9 Å². The largest absolute Gasteiger partial charge is 0.497 e. The number of nitrogens with one attached hydrogen (secondary N) is 2. The van der Waals surface area contributed by atoms with Crippen LogP contribution in [0.2, 0.25) is 0 Å². The summed E-state index contributed by atoms with van der Waals surface area (Å²) in [5.74, 6) is -0.645. The van der Waals surface area contributed by atoms with Crippen LogP contribution in [-0.4, -0.2) is 38.0 Å². The lowest BCUT2D eigenvalue weighted by atomic mass is 10.1. The lowest BCUT2D eigenvalue weighted by Crippen LogP contribution is -2.30. The molecule has 0 aromatic heterocycles. The maximum Gasteiger partial charge on any atom is 0.340 e. The summed E-state index contributed by atoms with van der Waals surface area (Å²) in [6.45, 7) is 2.35. The van der Waals surface area contributed by atoms with Crippen LogP contribution >= 0.6 is 0 Å².